The fourth-order valence-electron chi connectivity index (χ4n) is 9.58. The van der Waals surface area contributed by atoms with Crippen LogP contribution in [-0.2, 0) is 44.5 Å². The van der Waals surface area contributed by atoms with Crippen LogP contribution in [0.5, 0.6) is 0 Å². The van der Waals surface area contributed by atoms with Gasteiger partial charge in [-0.1, -0.05) is 63.2 Å². The van der Waals surface area contributed by atoms with E-state index in [4.69, 9.17) is 23.7 Å². The third-order valence-corrected chi connectivity index (χ3v) is 13.7. The molecule has 4 heterocycles. The van der Waals surface area contributed by atoms with Crippen LogP contribution in [0.3, 0.4) is 0 Å². The van der Waals surface area contributed by atoms with E-state index < -0.39 is 90.0 Å². The van der Waals surface area contributed by atoms with Gasteiger partial charge in [-0.3, -0.25) is 19.4 Å². The third kappa shape index (κ3) is 11.5. The van der Waals surface area contributed by atoms with E-state index in [1.807, 2.05) is 50.4 Å². The van der Waals surface area contributed by atoms with Crippen molar-refractivity contribution in [3.05, 3.63) is 66.2 Å². The van der Waals surface area contributed by atoms with Crippen molar-refractivity contribution in [2.45, 2.75) is 148 Å². The van der Waals surface area contributed by atoms with Gasteiger partial charge in [0.25, 0.3) is 0 Å². The number of ketones is 2. The highest BCUT2D eigenvalue weighted by molar-refractivity contribution is 6.00. The molecule has 15 nitrogen and oxygen atoms in total. The van der Waals surface area contributed by atoms with Crippen LogP contribution < -0.4 is 0 Å². The smallest absolute Gasteiger partial charge is 0.316 e. The van der Waals surface area contributed by atoms with Gasteiger partial charge in [-0.05, 0) is 76.8 Å². The average Bonchev–Trinajstić information content (AvgIpc) is 3.77. The second-order valence-corrected chi connectivity index (χ2v) is 18.5. The number of carbonyl (C=O) groups excluding carboxylic acids is 3. The number of aliphatic hydroxyl groups is 2. The molecule has 2 aromatic heterocycles. The average molecular weight is 896 g/mol. The lowest BCUT2D eigenvalue weighted by Gasteiger charge is -2.46. The Hall–Kier alpha value is -4.03. The molecule has 0 spiro atoms. The minimum Gasteiger partial charge on any atom is -0.459 e. The molecule has 5 rings (SSSR count). The standard InChI is InChI=1S/C48H70FN5O10/c1-12-39-48(8,59)44(57)30(4)41(55)28(2)24-47(7,61-11)45(31(5)42(56)32(6)46(58)63-39)64-40-23-37(22-29(3)62-40)53(9)21-19-36-27-54(52-51-36)38(25-49)43(60-10)34-17-15-33(16-18-34)35-14-13-20-50-26-35/h13-18,20,26-32,37-40,43-45,57,59H,12,19,21-25H2,1-11H3/t28-,29-,30+,31+,32-,37+,38-,39-,40+,43-,44-,45-,47-,48-/m1/s1. The minimum atomic E-state index is -1.97. The highest BCUT2D eigenvalue weighted by Gasteiger charge is 2.51. The van der Waals surface area contributed by atoms with Gasteiger partial charge in [-0.15, -0.1) is 5.10 Å². The van der Waals surface area contributed by atoms with Crippen molar-refractivity contribution >= 4 is 17.5 Å². The number of benzene rings is 1. The summed E-state index contributed by atoms with van der Waals surface area (Å²) in [4.78, 5) is 48.0. The summed E-state index contributed by atoms with van der Waals surface area (Å²) in [6.07, 6.45) is 1.86. The predicted molar refractivity (Wildman–Crippen MR) is 237 cm³/mol. The number of halogens is 1. The Kier molecular flexibility index (Phi) is 17.5. The van der Waals surface area contributed by atoms with Crippen LogP contribution >= 0.6 is 0 Å². The maximum absolute atomic E-state index is 14.7. The summed E-state index contributed by atoms with van der Waals surface area (Å²) in [5.41, 5.74) is 0.257. The van der Waals surface area contributed by atoms with Crippen LogP contribution in [0.2, 0.25) is 0 Å². The number of hydrogen-bond acceptors (Lipinski definition) is 14. The zero-order valence-electron chi connectivity index (χ0n) is 39.3. The highest BCUT2D eigenvalue weighted by atomic mass is 19.1. The number of ether oxygens (including phenoxy) is 5. The first-order chi connectivity index (χ1) is 30.3. The number of esters is 1. The SMILES string of the molecule is CC[C@H]1OC(=O)[C@H](C)C(=O)[C@H](C)[C@@H](O[C@H]2C[C@@H](N(C)CCc3cn([C@H](CF)[C@H](OC)c4ccc(-c5cccnc5)cc4)nn3)C[C@@H](C)O2)[C@](C)(OC)C[C@@H](C)C(=O)[C@H](C)[C@@H](O)[C@]1(C)O. The van der Waals surface area contributed by atoms with E-state index in [1.54, 1.807) is 60.3 Å². The van der Waals surface area contributed by atoms with Gasteiger partial charge in [0, 0.05) is 76.0 Å². The summed E-state index contributed by atoms with van der Waals surface area (Å²) in [5, 5.41) is 31.5. The highest BCUT2D eigenvalue weighted by Crippen LogP contribution is 2.39. The molecule has 64 heavy (non-hydrogen) atoms. The summed E-state index contributed by atoms with van der Waals surface area (Å²) < 4.78 is 47.1. The number of carbonyl (C=O) groups is 3. The Morgan fingerprint density at radius 3 is 2.31 bits per heavy atom. The quantitative estimate of drug-likeness (QED) is 0.144. The van der Waals surface area contributed by atoms with Crippen molar-refractivity contribution in [3.63, 3.8) is 0 Å². The lowest BCUT2D eigenvalue weighted by atomic mass is 9.74. The third-order valence-electron chi connectivity index (χ3n) is 13.7. The van der Waals surface area contributed by atoms with Gasteiger partial charge in [0.2, 0.25) is 0 Å². The first-order valence-corrected chi connectivity index (χ1v) is 22.5. The van der Waals surface area contributed by atoms with Crippen LogP contribution in [0.15, 0.2) is 55.0 Å². The molecule has 2 fully saturated rings. The Morgan fingerprint density at radius 2 is 1.70 bits per heavy atom. The van der Waals surface area contributed by atoms with E-state index in [2.05, 4.69) is 20.2 Å². The Morgan fingerprint density at radius 1 is 1.00 bits per heavy atom. The van der Waals surface area contributed by atoms with Crippen molar-refractivity contribution < 1.29 is 52.7 Å². The maximum Gasteiger partial charge on any atom is 0.316 e. The molecule has 2 N–H and O–H groups in total. The molecule has 3 aromatic rings. The number of rotatable bonds is 14. The van der Waals surface area contributed by atoms with Crippen LogP contribution in [0.4, 0.5) is 4.39 Å². The van der Waals surface area contributed by atoms with Crippen molar-refractivity contribution in [2.75, 3.05) is 34.5 Å². The normalized spacial score (nSPS) is 33.4. The van der Waals surface area contributed by atoms with E-state index in [-0.39, 0.29) is 30.8 Å². The minimum absolute atomic E-state index is 0.0104. The monoisotopic (exact) mass is 896 g/mol. The molecule has 0 amide bonds. The Bertz CT molecular complexity index is 1990. The number of pyridine rings is 1. The second-order valence-electron chi connectivity index (χ2n) is 18.5. The molecule has 0 saturated carbocycles. The molecule has 14 atom stereocenters. The maximum atomic E-state index is 14.7. The van der Waals surface area contributed by atoms with Gasteiger partial charge in [0.1, 0.15) is 42.2 Å². The Labute approximate surface area is 377 Å². The first-order valence-electron chi connectivity index (χ1n) is 22.5. The number of alkyl halides is 1. The van der Waals surface area contributed by atoms with Crippen LogP contribution in [-0.4, -0.2) is 135 Å². The zero-order valence-corrected chi connectivity index (χ0v) is 39.3. The van der Waals surface area contributed by atoms with Crippen LogP contribution in [0.25, 0.3) is 11.1 Å². The van der Waals surface area contributed by atoms with E-state index >= 15 is 0 Å². The van der Waals surface area contributed by atoms with Crippen molar-refractivity contribution in [1.82, 2.24) is 24.9 Å². The topological polar surface area (TPSA) is 185 Å². The molecule has 0 unspecified atom stereocenters. The van der Waals surface area contributed by atoms with E-state index in [0.29, 0.717) is 31.5 Å². The molecule has 354 valence electrons. The lowest BCUT2D eigenvalue weighted by Crippen LogP contribution is -2.58. The Balaban J connectivity index is 1.30. The molecule has 2 aliphatic rings. The fourth-order valence-corrected chi connectivity index (χ4v) is 9.58. The van der Waals surface area contributed by atoms with Gasteiger partial charge < -0.3 is 38.8 Å². The van der Waals surface area contributed by atoms with Gasteiger partial charge >= 0.3 is 5.97 Å². The number of methoxy groups -OCH3 is 2. The summed E-state index contributed by atoms with van der Waals surface area (Å²) >= 11 is 0. The van der Waals surface area contributed by atoms with E-state index in [9.17, 15) is 29.0 Å². The van der Waals surface area contributed by atoms with Crippen LogP contribution in [0, 0.1) is 23.7 Å². The first kappa shape index (κ1) is 51.0. The molecule has 0 bridgehead atoms. The van der Waals surface area contributed by atoms with Gasteiger partial charge in [0.15, 0.2) is 12.1 Å². The lowest BCUT2D eigenvalue weighted by molar-refractivity contribution is -0.263. The summed E-state index contributed by atoms with van der Waals surface area (Å²) in [7, 11) is 5.05. The van der Waals surface area contributed by atoms with E-state index in [1.165, 1.54) is 25.6 Å². The number of hydrogen-bond donors (Lipinski definition) is 2. The van der Waals surface area contributed by atoms with Gasteiger partial charge in [-0.2, -0.15) is 0 Å². The fraction of sp³-hybridized carbons (Fsp3) is 0.667. The van der Waals surface area contributed by atoms with Gasteiger partial charge in [0.05, 0.1) is 29.6 Å². The molecular weight excluding hydrogens is 826 g/mol. The van der Waals surface area contributed by atoms with Crippen molar-refractivity contribution in [1.29, 1.82) is 0 Å². The summed E-state index contributed by atoms with van der Waals surface area (Å²) in [5.74, 6) is -5.50. The number of nitrogens with zero attached hydrogens (tertiary/aromatic N) is 5. The molecule has 0 aliphatic carbocycles. The number of cyclic esters (lactones) is 1. The molecule has 1 aromatic carbocycles. The summed E-state index contributed by atoms with van der Waals surface area (Å²) in [6, 6.07) is 10.9. The number of aromatic nitrogens is 4. The predicted octanol–water partition coefficient (Wildman–Crippen LogP) is 5.92. The number of aliphatic hydroxyl groups excluding tert-OH is 1. The van der Waals surface area contributed by atoms with E-state index in [0.717, 1.165) is 16.7 Å². The molecular formula is C48H70FN5O10. The number of Topliss-reactive ketones (excluding diaryl/α,β-unsaturated/α-hetero) is 2. The molecule has 2 aliphatic heterocycles. The molecule has 0 radical (unpaired) electrons. The van der Waals surface area contributed by atoms with Gasteiger partial charge in [-0.25, -0.2) is 9.07 Å². The van der Waals surface area contributed by atoms with Crippen molar-refractivity contribution in [2.24, 2.45) is 23.7 Å². The zero-order chi connectivity index (χ0) is 47.1. The second kappa shape index (κ2) is 22.0. The number of likely N-dealkylation sites (N-methyl/N-ethyl adjacent to an activating group) is 1. The largest absolute Gasteiger partial charge is 0.459 e. The molecule has 16 heteroatoms. The summed E-state index contributed by atoms with van der Waals surface area (Å²) in [6.45, 7) is 13.0. The van der Waals surface area contributed by atoms with Crippen LogP contribution in [0.1, 0.15) is 104 Å². The molecule has 2 saturated heterocycles. The van der Waals surface area contributed by atoms with Crippen molar-refractivity contribution in [3.8, 4) is 11.1 Å².